The summed E-state index contributed by atoms with van der Waals surface area (Å²) in [4.78, 5) is 0. The molecule has 3 heteroatoms. The Balaban J connectivity index is 1.57. The zero-order valence-corrected chi connectivity index (χ0v) is 12.6. The number of phenols is 1. The Labute approximate surface area is 130 Å². The second-order valence-corrected chi connectivity index (χ2v) is 6.25. The summed E-state index contributed by atoms with van der Waals surface area (Å²) in [6.07, 6.45) is 5.34. The van der Waals surface area contributed by atoms with E-state index in [2.05, 4.69) is 23.5 Å². The van der Waals surface area contributed by atoms with Crippen molar-refractivity contribution in [3.63, 3.8) is 0 Å². The van der Waals surface area contributed by atoms with Gasteiger partial charge in [-0.05, 0) is 31.4 Å². The van der Waals surface area contributed by atoms with Gasteiger partial charge in [0.15, 0.2) is 0 Å². The maximum absolute atomic E-state index is 9.88. The number of nitrogens with one attached hydrogen (secondary N) is 1. The zero-order chi connectivity index (χ0) is 14.9. The van der Waals surface area contributed by atoms with Crippen LogP contribution in [0.1, 0.15) is 42.7 Å². The number of anilines is 1. The van der Waals surface area contributed by atoms with Gasteiger partial charge < -0.3 is 15.2 Å². The molecule has 2 aromatic rings. The van der Waals surface area contributed by atoms with Gasteiger partial charge in [-0.3, -0.25) is 0 Å². The highest BCUT2D eigenvalue weighted by molar-refractivity contribution is 5.63. The summed E-state index contributed by atoms with van der Waals surface area (Å²) in [6.45, 7) is 0.599. The molecule has 3 nitrogen and oxygen atoms in total. The maximum atomic E-state index is 9.88. The van der Waals surface area contributed by atoms with Crippen LogP contribution in [-0.2, 0) is 6.54 Å². The summed E-state index contributed by atoms with van der Waals surface area (Å²) in [5, 5.41) is 13.3. The molecule has 1 aliphatic heterocycles. The maximum Gasteiger partial charge on any atom is 0.146 e. The standard InChI is InChI=1S/C19H21NO2/c21-17-10-3-1-6-13(17)12-20-16-9-5-8-15-14-7-2-4-11-18(14)22-19(15)16/h1,3,5-6,8-10,14,18,20-21H,2,4,7,11-12H2. The molecule has 2 aliphatic rings. The van der Waals surface area contributed by atoms with Gasteiger partial charge in [-0.15, -0.1) is 0 Å². The van der Waals surface area contributed by atoms with Crippen molar-refractivity contribution in [3.05, 3.63) is 53.6 Å². The fourth-order valence-electron chi connectivity index (χ4n) is 3.71. The van der Waals surface area contributed by atoms with Gasteiger partial charge in [0, 0.05) is 23.6 Å². The van der Waals surface area contributed by atoms with Gasteiger partial charge in [-0.1, -0.05) is 36.8 Å². The van der Waals surface area contributed by atoms with Crippen LogP contribution in [0.4, 0.5) is 5.69 Å². The molecular weight excluding hydrogens is 274 g/mol. The highest BCUT2D eigenvalue weighted by atomic mass is 16.5. The molecule has 1 heterocycles. The lowest BCUT2D eigenvalue weighted by atomic mass is 9.83. The Hall–Kier alpha value is -2.16. The Kier molecular flexibility index (Phi) is 3.41. The molecule has 1 saturated carbocycles. The summed E-state index contributed by atoms with van der Waals surface area (Å²) in [5.74, 6) is 1.92. The first-order chi connectivity index (χ1) is 10.8. The van der Waals surface area contributed by atoms with E-state index in [0.29, 0.717) is 24.3 Å². The third-order valence-electron chi connectivity index (χ3n) is 4.88. The summed E-state index contributed by atoms with van der Waals surface area (Å²) in [6, 6.07) is 13.8. The number of hydrogen-bond acceptors (Lipinski definition) is 3. The fraction of sp³-hybridized carbons (Fsp3) is 0.368. The van der Waals surface area contributed by atoms with Crippen LogP contribution in [0.25, 0.3) is 0 Å². The van der Waals surface area contributed by atoms with E-state index >= 15 is 0 Å². The van der Waals surface area contributed by atoms with Crippen LogP contribution < -0.4 is 10.1 Å². The first kappa shape index (κ1) is 13.5. The van der Waals surface area contributed by atoms with E-state index in [1.54, 1.807) is 6.07 Å². The molecule has 114 valence electrons. The molecule has 0 spiro atoms. The van der Waals surface area contributed by atoms with E-state index in [9.17, 15) is 5.11 Å². The first-order valence-electron chi connectivity index (χ1n) is 8.13. The van der Waals surface area contributed by atoms with E-state index in [4.69, 9.17) is 4.74 Å². The second kappa shape index (κ2) is 5.56. The van der Waals surface area contributed by atoms with E-state index in [-0.39, 0.29) is 0 Å². The van der Waals surface area contributed by atoms with E-state index in [0.717, 1.165) is 23.4 Å². The summed E-state index contributed by atoms with van der Waals surface area (Å²) >= 11 is 0. The number of phenolic OH excluding ortho intramolecular Hbond substituents is 1. The van der Waals surface area contributed by atoms with E-state index in [1.165, 1.54) is 24.8 Å². The predicted molar refractivity (Wildman–Crippen MR) is 87.5 cm³/mol. The van der Waals surface area contributed by atoms with Crippen molar-refractivity contribution < 1.29 is 9.84 Å². The van der Waals surface area contributed by atoms with Crippen LogP contribution in [0.5, 0.6) is 11.5 Å². The smallest absolute Gasteiger partial charge is 0.146 e. The van der Waals surface area contributed by atoms with Crippen molar-refractivity contribution in [2.75, 3.05) is 5.32 Å². The van der Waals surface area contributed by atoms with Crippen molar-refractivity contribution in [1.29, 1.82) is 0 Å². The number of aromatic hydroxyl groups is 1. The second-order valence-electron chi connectivity index (χ2n) is 6.25. The lowest BCUT2D eigenvalue weighted by molar-refractivity contribution is 0.164. The SMILES string of the molecule is Oc1ccccc1CNc1cccc2c1OC1CCCCC21. The zero-order valence-electron chi connectivity index (χ0n) is 12.6. The van der Waals surface area contributed by atoms with Crippen molar-refractivity contribution in [2.24, 2.45) is 0 Å². The Bertz CT molecular complexity index is 683. The lowest BCUT2D eigenvalue weighted by Crippen LogP contribution is -2.22. The molecule has 22 heavy (non-hydrogen) atoms. The van der Waals surface area contributed by atoms with Gasteiger partial charge in [0.05, 0.1) is 5.69 Å². The third kappa shape index (κ3) is 2.31. The minimum Gasteiger partial charge on any atom is -0.508 e. The lowest BCUT2D eigenvalue weighted by Gasteiger charge is -2.23. The van der Waals surface area contributed by atoms with Crippen LogP contribution in [0.15, 0.2) is 42.5 Å². The fourth-order valence-corrected chi connectivity index (χ4v) is 3.71. The summed E-state index contributed by atoms with van der Waals surface area (Å²) < 4.78 is 6.24. The third-order valence-corrected chi connectivity index (χ3v) is 4.88. The number of ether oxygens (including phenoxy) is 1. The summed E-state index contributed by atoms with van der Waals surface area (Å²) in [5.41, 5.74) is 3.29. The van der Waals surface area contributed by atoms with Gasteiger partial charge in [0.1, 0.15) is 17.6 Å². The van der Waals surface area contributed by atoms with Crippen LogP contribution in [0.3, 0.4) is 0 Å². The van der Waals surface area contributed by atoms with Gasteiger partial charge in [0.25, 0.3) is 0 Å². The summed E-state index contributed by atoms with van der Waals surface area (Å²) in [7, 11) is 0. The average Bonchev–Trinajstić information content (AvgIpc) is 2.93. The molecule has 1 fully saturated rings. The quantitative estimate of drug-likeness (QED) is 0.880. The van der Waals surface area contributed by atoms with Crippen molar-refractivity contribution in [2.45, 2.75) is 44.2 Å². The molecule has 0 radical (unpaired) electrons. The molecule has 2 aromatic carbocycles. The van der Waals surface area contributed by atoms with Gasteiger partial charge in [-0.2, -0.15) is 0 Å². The molecule has 0 bridgehead atoms. The van der Waals surface area contributed by atoms with E-state index < -0.39 is 0 Å². The van der Waals surface area contributed by atoms with Gasteiger partial charge in [-0.25, -0.2) is 0 Å². The predicted octanol–water partition coefficient (Wildman–Crippen LogP) is 4.42. The molecule has 2 N–H and O–H groups in total. The highest BCUT2D eigenvalue weighted by Crippen LogP contribution is 2.48. The molecule has 4 rings (SSSR count). The van der Waals surface area contributed by atoms with Crippen LogP contribution in [0, 0.1) is 0 Å². The number of fused-ring (bicyclic) bond motifs is 3. The van der Waals surface area contributed by atoms with E-state index in [1.807, 2.05) is 18.2 Å². The number of rotatable bonds is 3. The Morgan fingerprint density at radius 3 is 2.82 bits per heavy atom. The molecule has 0 aromatic heterocycles. The minimum absolute atomic E-state index is 0.331. The van der Waals surface area contributed by atoms with Crippen LogP contribution >= 0.6 is 0 Å². The first-order valence-corrected chi connectivity index (χ1v) is 8.13. The topological polar surface area (TPSA) is 41.5 Å². The molecule has 0 amide bonds. The normalized spacial score (nSPS) is 22.5. The highest BCUT2D eigenvalue weighted by Gasteiger charge is 2.37. The van der Waals surface area contributed by atoms with Crippen molar-refractivity contribution in [1.82, 2.24) is 0 Å². The molecular formula is C19H21NO2. The van der Waals surface area contributed by atoms with Crippen LogP contribution in [-0.4, -0.2) is 11.2 Å². The van der Waals surface area contributed by atoms with Crippen molar-refractivity contribution in [3.8, 4) is 11.5 Å². The minimum atomic E-state index is 0.331. The molecule has 2 unspecified atom stereocenters. The number of hydrogen-bond donors (Lipinski definition) is 2. The molecule has 0 saturated heterocycles. The Morgan fingerprint density at radius 2 is 1.91 bits per heavy atom. The number of para-hydroxylation sites is 2. The van der Waals surface area contributed by atoms with Crippen molar-refractivity contribution >= 4 is 5.69 Å². The van der Waals surface area contributed by atoms with Crippen LogP contribution in [0.2, 0.25) is 0 Å². The monoisotopic (exact) mass is 295 g/mol. The molecule has 2 atom stereocenters. The number of benzene rings is 2. The molecule has 1 aliphatic carbocycles. The van der Waals surface area contributed by atoms with Gasteiger partial charge >= 0.3 is 0 Å². The van der Waals surface area contributed by atoms with Gasteiger partial charge in [0.2, 0.25) is 0 Å². The largest absolute Gasteiger partial charge is 0.508 e. The Morgan fingerprint density at radius 1 is 1.05 bits per heavy atom. The average molecular weight is 295 g/mol.